The van der Waals surface area contributed by atoms with Crippen LogP contribution < -0.4 is 31.4 Å². The smallest absolute Gasteiger partial charge is 0.177 e. The molecule has 8 aliphatic carbocycles. The third-order valence-corrected chi connectivity index (χ3v) is 13.9. The summed E-state index contributed by atoms with van der Waals surface area (Å²) in [4.78, 5) is 0. The molecule has 12 rings (SSSR count). The van der Waals surface area contributed by atoms with Crippen molar-refractivity contribution in [1.29, 1.82) is 0 Å². The van der Waals surface area contributed by atoms with Crippen molar-refractivity contribution in [2.24, 2.45) is 35.5 Å². The highest BCUT2D eigenvalue weighted by Gasteiger charge is 2.57. The van der Waals surface area contributed by atoms with Crippen LogP contribution in [0, 0.1) is 53.0 Å². The van der Waals surface area contributed by atoms with Gasteiger partial charge in [-0.1, -0.05) is 0 Å². The van der Waals surface area contributed by atoms with Crippen molar-refractivity contribution in [1.82, 2.24) is 0 Å². The van der Waals surface area contributed by atoms with Crippen molar-refractivity contribution in [3.05, 3.63) is 89.2 Å². The van der Waals surface area contributed by atoms with Gasteiger partial charge in [-0.2, -0.15) is 0 Å². The van der Waals surface area contributed by atoms with Gasteiger partial charge in [0.2, 0.25) is 0 Å². The van der Waals surface area contributed by atoms with Crippen molar-refractivity contribution in [3.63, 3.8) is 0 Å². The highest BCUT2D eigenvalue weighted by Crippen LogP contribution is 2.69. The maximum Gasteiger partial charge on any atom is 0.177 e. The van der Waals surface area contributed by atoms with Gasteiger partial charge in [0, 0.05) is 34.7 Å². The van der Waals surface area contributed by atoms with E-state index >= 15 is 0 Å². The molecule has 0 atom stereocenters. The van der Waals surface area contributed by atoms with Crippen LogP contribution in [-0.4, -0.2) is 0 Å². The predicted octanol–water partition coefficient (Wildman–Crippen LogP) is 11.2. The molecule has 8 saturated carbocycles. The zero-order valence-corrected chi connectivity index (χ0v) is 29.8. The van der Waals surface area contributed by atoms with Gasteiger partial charge in [0.1, 0.15) is 23.2 Å². The second-order valence-electron chi connectivity index (χ2n) is 17.7. The topological polar surface area (TPSA) is 106 Å². The molecule has 0 aliphatic heterocycles. The van der Waals surface area contributed by atoms with Crippen molar-refractivity contribution < 1.29 is 27.4 Å². The van der Waals surface area contributed by atoms with Crippen molar-refractivity contribution in [2.75, 3.05) is 17.2 Å². The fourth-order valence-electron chi connectivity index (χ4n) is 12.8. The Bertz CT molecular complexity index is 2060. The molecule has 8 aliphatic rings. The van der Waals surface area contributed by atoms with Crippen LogP contribution in [0.4, 0.5) is 30.2 Å². The zero-order valence-electron chi connectivity index (χ0n) is 29.8. The zero-order chi connectivity index (χ0) is 36.2. The molecule has 6 nitrogen and oxygen atoms in total. The Balaban J connectivity index is 1.28. The van der Waals surface area contributed by atoms with Crippen LogP contribution in [0.2, 0.25) is 0 Å². The highest BCUT2D eigenvalue weighted by molar-refractivity contribution is 5.69. The molecule has 0 saturated heterocycles. The minimum Gasteiger partial charge on any atom is -0.454 e. The number of ether oxygens (including phenoxy) is 3. The summed E-state index contributed by atoms with van der Waals surface area (Å²) in [5, 5.41) is 0. The molecular weight excluding hydrogens is 675 g/mol. The Kier molecular flexibility index (Phi) is 7.48. The molecule has 4 aromatic carbocycles. The first-order chi connectivity index (χ1) is 25.5. The average molecular weight is 722 g/mol. The average Bonchev–Trinajstić information content (AvgIpc) is 3.08. The molecule has 4 aromatic rings. The van der Waals surface area contributed by atoms with Crippen molar-refractivity contribution in [3.8, 4) is 34.5 Å². The Morgan fingerprint density at radius 2 is 0.792 bits per heavy atom. The Morgan fingerprint density at radius 1 is 0.434 bits per heavy atom. The second-order valence-corrected chi connectivity index (χ2v) is 17.7. The number of halogens is 3. The van der Waals surface area contributed by atoms with E-state index in [1.807, 2.05) is 0 Å². The molecule has 9 heteroatoms. The fourth-order valence-corrected chi connectivity index (χ4v) is 12.8. The van der Waals surface area contributed by atoms with Gasteiger partial charge in [0.15, 0.2) is 28.7 Å². The summed E-state index contributed by atoms with van der Waals surface area (Å²) in [6.07, 6.45) is 13.4. The van der Waals surface area contributed by atoms with E-state index in [1.165, 1.54) is 81.0 Å². The number of benzene rings is 4. The monoisotopic (exact) mass is 721 g/mol. The van der Waals surface area contributed by atoms with Gasteiger partial charge in [-0.15, -0.1) is 0 Å². The third kappa shape index (κ3) is 5.59. The first kappa shape index (κ1) is 33.1. The summed E-state index contributed by atoms with van der Waals surface area (Å²) in [5.74, 6) is 4.73. The van der Waals surface area contributed by atoms with Crippen LogP contribution in [0.1, 0.15) is 88.2 Å². The number of hydrogen-bond acceptors (Lipinski definition) is 6. The molecule has 0 amide bonds. The summed E-state index contributed by atoms with van der Waals surface area (Å²) in [6, 6.07) is 14.6. The maximum absolute atomic E-state index is 14.5. The fraction of sp³-hybridized carbons (Fsp3) is 0.455. The van der Waals surface area contributed by atoms with E-state index in [4.69, 9.17) is 31.4 Å². The number of hydrogen-bond donors (Lipinski definition) is 3. The van der Waals surface area contributed by atoms with E-state index in [0.717, 1.165) is 49.7 Å². The van der Waals surface area contributed by atoms with Crippen LogP contribution in [0.25, 0.3) is 0 Å². The lowest BCUT2D eigenvalue weighted by atomic mass is 9.46. The standard InChI is InChI=1S/C44H46F3N3O3/c45-29-1-4-36(33(48)13-29)51-39-16-32(43-17-23-7-24(18-43)9-25(8-23)19-43)41(52-37-5-2-30(46)14-34(37)49)40(42(39)53-38-6-3-31(47)15-35(38)50)44-20-26-10-27(21-44)12-28(11-26)22-44/h1-6,13-16,23-28H,7-12,17-22,48-50H2. The minimum atomic E-state index is -0.473. The van der Waals surface area contributed by atoms with Gasteiger partial charge in [0.25, 0.3) is 0 Å². The Morgan fingerprint density at radius 3 is 1.19 bits per heavy atom. The van der Waals surface area contributed by atoms with Crippen LogP contribution >= 0.6 is 0 Å². The van der Waals surface area contributed by atoms with Crippen molar-refractivity contribution >= 4 is 17.1 Å². The van der Waals surface area contributed by atoms with Gasteiger partial charge >= 0.3 is 0 Å². The molecular formula is C44H46F3N3O3. The number of anilines is 3. The molecule has 0 unspecified atom stereocenters. The summed E-state index contributed by atoms with van der Waals surface area (Å²) in [6.45, 7) is 0. The molecule has 0 spiro atoms. The molecule has 0 heterocycles. The SMILES string of the molecule is Nc1cc(F)ccc1Oc1cc(C23CC4CC(CC(C4)C2)C3)c(Oc2ccc(F)cc2N)c(C23CC4CC(CC(C4)C2)C3)c1Oc1ccc(F)cc1N. The van der Waals surface area contributed by atoms with Gasteiger partial charge in [-0.05, 0) is 160 Å². The first-order valence-electron chi connectivity index (χ1n) is 19.4. The first-order valence-corrected chi connectivity index (χ1v) is 19.4. The maximum atomic E-state index is 14.5. The Labute approximate surface area is 308 Å². The van der Waals surface area contributed by atoms with Crippen LogP contribution in [0.5, 0.6) is 34.5 Å². The van der Waals surface area contributed by atoms with Gasteiger partial charge in [-0.25, -0.2) is 13.2 Å². The van der Waals surface area contributed by atoms with Gasteiger partial charge in [0.05, 0.1) is 17.1 Å². The number of nitrogens with two attached hydrogens (primary N) is 3. The number of nitrogen functional groups attached to an aromatic ring is 3. The van der Waals surface area contributed by atoms with E-state index in [2.05, 4.69) is 6.07 Å². The van der Waals surface area contributed by atoms with Crippen molar-refractivity contribution in [2.45, 2.75) is 87.9 Å². The highest BCUT2D eigenvalue weighted by atomic mass is 19.1. The molecule has 0 aromatic heterocycles. The minimum absolute atomic E-state index is 0.143. The summed E-state index contributed by atoms with van der Waals surface area (Å²) < 4.78 is 64.3. The van der Waals surface area contributed by atoms with Crippen LogP contribution in [-0.2, 0) is 10.8 Å². The molecule has 0 radical (unpaired) electrons. The lowest BCUT2D eigenvalue weighted by molar-refractivity contribution is -0.0107. The van der Waals surface area contributed by atoms with Gasteiger partial charge in [-0.3, -0.25) is 0 Å². The summed E-state index contributed by atoms with van der Waals surface area (Å²) in [5.41, 5.74) is 21.3. The largest absolute Gasteiger partial charge is 0.454 e. The molecule has 8 fully saturated rings. The van der Waals surface area contributed by atoms with Crippen LogP contribution in [0.3, 0.4) is 0 Å². The van der Waals surface area contributed by atoms with E-state index in [9.17, 15) is 13.2 Å². The van der Waals surface area contributed by atoms with Gasteiger partial charge < -0.3 is 31.4 Å². The molecule has 6 N–H and O–H groups in total. The molecule has 53 heavy (non-hydrogen) atoms. The van der Waals surface area contributed by atoms with Crippen LogP contribution in [0.15, 0.2) is 60.7 Å². The normalized spacial score (nSPS) is 31.9. The third-order valence-electron chi connectivity index (χ3n) is 13.9. The quantitative estimate of drug-likeness (QED) is 0.156. The van der Waals surface area contributed by atoms with E-state index in [-0.39, 0.29) is 33.6 Å². The predicted molar refractivity (Wildman–Crippen MR) is 199 cm³/mol. The second kappa shape index (κ2) is 12.0. The van der Waals surface area contributed by atoms with E-state index in [0.29, 0.717) is 64.3 Å². The lowest BCUT2D eigenvalue weighted by Gasteiger charge is -2.59. The summed E-state index contributed by atoms with van der Waals surface area (Å²) >= 11 is 0. The lowest BCUT2D eigenvalue weighted by Crippen LogP contribution is -2.50. The van der Waals surface area contributed by atoms with E-state index < -0.39 is 17.5 Å². The van der Waals surface area contributed by atoms with E-state index in [1.54, 1.807) is 12.1 Å². The summed E-state index contributed by atoms with van der Waals surface area (Å²) in [7, 11) is 0. The molecule has 276 valence electrons. The number of rotatable bonds is 8. The molecule has 8 bridgehead atoms. The Hall–Kier alpha value is -4.53.